The van der Waals surface area contributed by atoms with Gasteiger partial charge in [-0.3, -0.25) is 14.6 Å². The number of hydroxylamine groups is 1. The summed E-state index contributed by atoms with van der Waals surface area (Å²) in [5.74, 6) is -0.645. The molecule has 0 fully saturated rings. The third-order valence-corrected chi connectivity index (χ3v) is 3.30. The Morgan fingerprint density at radius 2 is 2.21 bits per heavy atom. The summed E-state index contributed by atoms with van der Waals surface area (Å²) in [4.78, 5) is 10.9. The number of nitrogens with one attached hydrogen (secondary N) is 1. The van der Waals surface area contributed by atoms with Gasteiger partial charge < -0.3 is 0 Å². The normalized spacial score (nSPS) is 11.3. The second kappa shape index (κ2) is 4.05. The van der Waals surface area contributed by atoms with Crippen molar-refractivity contribution >= 4 is 27.4 Å². The fraction of sp³-hybridized carbons (Fsp3) is 0.167. The molecule has 0 radical (unpaired) electrons. The summed E-state index contributed by atoms with van der Waals surface area (Å²) in [6.45, 7) is 0. The smallest absolute Gasteiger partial charge is 0.289 e. The van der Waals surface area contributed by atoms with Gasteiger partial charge in [0.2, 0.25) is 5.91 Å². The Hall–Kier alpha value is -0.960. The van der Waals surface area contributed by atoms with Crippen molar-refractivity contribution in [1.82, 2.24) is 5.48 Å². The minimum absolute atomic E-state index is 0.128. The van der Waals surface area contributed by atoms with E-state index in [2.05, 4.69) is 0 Å². The number of carbonyl (C=O) groups is 1. The summed E-state index contributed by atoms with van der Waals surface area (Å²) in [7, 11) is -4.21. The molecule has 6 nitrogen and oxygen atoms in total. The van der Waals surface area contributed by atoms with E-state index in [9.17, 15) is 13.2 Å². The maximum absolute atomic E-state index is 10.7. The van der Waals surface area contributed by atoms with E-state index in [1.807, 2.05) is 0 Å². The van der Waals surface area contributed by atoms with Gasteiger partial charge in [0, 0.05) is 10.3 Å². The van der Waals surface area contributed by atoms with E-state index < -0.39 is 16.0 Å². The average molecular weight is 237 g/mol. The molecule has 0 spiro atoms. The van der Waals surface area contributed by atoms with Crippen molar-refractivity contribution in [1.29, 1.82) is 0 Å². The second-order valence-corrected chi connectivity index (χ2v) is 4.85. The lowest BCUT2D eigenvalue weighted by Crippen LogP contribution is -2.20. The first-order valence-corrected chi connectivity index (χ1v) is 5.73. The first kappa shape index (κ1) is 11.1. The van der Waals surface area contributed by atoms with E-state index in [-0.39, 0.29) is 11.3 Å². The molecule has 0 saturated carbocycles. The SMILES string of the molecule is O=C(Cc1cc(S(=O)(=O)O)cs1)NO. The van der Waals surface area contributed by atoms with Crippen molar-refractivity contribution in [2.45, 2.75) is 11.3 Å². The Morgan fingerprint density at radius 3 is 2.64 bits per heavy atom. The van der Waals surface area contributed by atoms with Gasteiger partial charge in [0.1, 0.15) is 4.90 Å². The number of rotatable bonds is 3. The van der Waals surface area contributed by atoms with Crippen LogP contribution in [0.4, 0.5) is 0 Å². The average Bonchev–Trinajstić information content (AvgIpc) is 2.51. The Kier molecular flexibility index (Phi) is 3.21. The molecule has 3 N–H and O–H groups in total. The number of amides is 1. The van der Waals surface area contributed by atoms with E-state index in [4.69, 9.17) is 9.76 Å². The molecule has 1 amide bonds. The lowest BCUT2D eigenvalue weighted by molar-refractivity contribution is -0.128. The maximum Gasteiger partial charge on any atom is 0.295 e. The van der Waals surface area contributed by atoms with Gasteiger partial charge in [0.05, 0.1) is 6.42 Å². The van der Waals surface area contributed by atoms with Crippen molar-refractivity contribution < 1.29 is 23.0 Å². The highest BCUT2D eigenvalue weighted by atomic mass is 32.2. The highest BCUT2D eigenvalue weighted by molar-refractivity contribution is 7.86. The van der Waals surface area contributed by atoms with E-state index in [1.165, 1.54) is 16.9 Å². The van der Waals surface area contributed by atoms with Gasteiger partial charge in [0.25, 0.3) is 10.1 Å². The van der Waals surface area contributed by atoms with Gasteiger partial charge in [-0.2, -0.15) is 8.42 Å². The third kappa shape index (κ3) is 2.77. The van der Waals surface area contributed by atoms with Crippen molar-refractivity contribution in [3.63, 3.8) is 0 Å². The largest absolute Gasteiger partial charge is 0.295 e. The molecule has 8 heteroatoms. The van der Waals surface area contributed by atoms with Gasteiger partial charge in [-0.25, -0.2) is 5.48 Å². The molecule has 0 unspecified atom stereocenters. The molecule has 0 aromatic carbocycles. The molecule has 1 heterocycles. The summed E-state index contributed by atoms with van der Waals surface area (Å²) in [5, 5.41) is 9.42. The number of hydrogen-bond donors (Lipinski definition) is 3. The van der Waals surface area contributed by atoms with Crippen LogP contribution in [-0.4, -0.2) is 24.1 Å². The van der Waals surface area contributed by atoms with Crippen LogP contribution >= 0.6 is 11.3 Å². The van der Waals surface area contributed by atoms with Crippen LogP contribution in [0, 0.1) is 0 Å². The predicted octanol–water partition coefficient (Wildman–Crippen LogP) is 0.0427. The summed E-state index contributed by atoms with van der Waals surface area (Å²) in [5.41, 5.74) is 1.42. The minimum Gasteiger partial charge on any atom is -0.289 e. The lowest BCUT2D eigenvalue weighted by atomic mass is 10.3. The van der Waals surface area contributed by atoms with E-state index >= 15 is 0 Å². The fourth-order valence-electron chi connectivity index (χ4n) is 0.786. The number of thiophene rings is 1. The summed E-state index contributed by atoms with van der Waals surface area (Å²) < 4.78 is 29.9. The van der Waals surface area contributed by atoms with E-state index in [1.54, 1.807) is 0 Å². The van der Waals surface area contributed by atoms with E-state index in [0.717, 1.165) is 11.3 Å². The minimum atomic E-state index is -4.21. The number of carbonyl (C=O) groups excluding carboxylic acids is 1. The van der Waals surface area contributed by atoms with Crippen LogP contribution in [0.2, 0.25) is 0 Å². The molecule has 0 aliphatic heterocycles. The molecule has 1 rings (SSSR count). The Morgan fingerprint density at radius 1 is 1.57 bits per heavy atom. The topological polar surface area (TPSA) is 104 Å². The van der Waals surface area contributed by atoms with Crippen molar-refractivity contribution in [2.24, 2.45) is 0 Å². The summed E-state index contributed by atoms with van der Waals surface area (Å²) in [6, 6.07) is 1.18. The predicted molar refractivity (Wildman–Crippen MR) is 47.8 cm³/mol. The van der Waals surface area contributed by atoms with Crippen LogP contribution < -0.4 is 5.48 Å². The van der Waals surface area contributed by atoms with Crippen molar-refractivity contribution in [3.8, 4) is 0 Å². The third-order valence-electron chi connectivity index (χ3n) is 1.39. The van der Waals surface area contributed by atoms with Crippen LogP contribution in [0.1, 0.15) is 4.88 Å². The molecule has 0 bridgehead atoms. The molecular formula is C6H7NO5S2. The van der Waals surface area contributed by atoms with Crippen molar-refractivity contribution in [3.05, 3.63) is 16.3 Å². The zero-order valence-corrected chi connectivity index (χ0v) is 8.43. The highest BCUT2D eigenvalue weighted by Crippen LogP contribution is 2.19. The fourth-order valence-corrected chi connectivity index (χ4v) is 2.53. The molecule has 0 saturated heterocycles. The monoisotopic (exact) mass is 237 g/mol. The van der Waals surface area contributed by atoms with Crippen LogP contribution in [0.25, 0.3) is 0 Å². The molecule has 14 heavy (non-hydrogen) atoms. The van der Waals surface area contributed by atoms with Crippen LogP contribution in [0.5, 0.6) is 0 Å². The molecule has 0 atom stereocenters. The van der Waals surface area contributed by atoms with Crippen LogP contribution in [0.3, 0.4) is 0 Å². The Labute approximate surface area is 83.9 Å². The number of hydrogen-bond acceptors (Lipinski definition) is 5. The Bertz CT molecular complexity index is 435. The molecular weight excluding hydrogens is 230 g/mol. The first-order valence-electron chi connectivity index (χ1n) is 3.41. The molecule has 0 aliphatic carbocycles. The first-order chi connectivity index (χ1) is 6.43. The van der Waals surface area contributed by atoms with Gasteiger partial charge in [-0.05, 0) is 6.07 Å². The second-order valence-electron chi connectivity index (χ2n) is 2.44. The van der Waals surface area contributed by atoms with Gasteiger partial charge >= 0.3 is 0 Å². The summed E-state index contributed by atoms with van der Waals surface area (Å²) >= 11 is 1.01. The van der Waals surface area contributed by atoms with Gasteiger partial charge in [0.15, 0.2) is 0 Å². The van der Waals surface area contributed by atoms with Crippen LogP contribution in [-0.2, 0) is 21.3 Å². The van der Waals surface area contributed by atoms with Gasteiger partial charge in [-0.1, -0.05) is 0 Å². The Balaban J connectivity index is 2.84. The standard InChI is InChI=1S/C6H7NO5S2/c8-6(7-9)2-4-1-5(3-13-4)14(10,11)12/h1,3,9H,2H2,(H,7,8)(H,10,11,12). The molecule has 1 aromatic rings. The van der Waals surface area contributed by atoms with Crippen LogP contribution in [0.15, 0.2) is 16.3 Å². The molecule has 1 aromatic heterocycles. The highest BCUT2D eigenvalue weighted by Gasteiger charge is 2.13. The lowest BCUT2D eigenvalue weighted by Gasteiger charge is -1.93. The quantitative estimate of drug-likeness (QED) is 0.391. The maximum atomic E-state index is 10.7. The van der Waals surface area contributed by atoms with E-state index in [0.29, 0.717) is 4.88 Å². The molecule has 0 aliphatic rings. The summed E-state index contributed by atoms with van der Waals surface area (Å²) in [6.07, 6.45) is -0.128. The molecule has 78 valence electrons. The zero-order valence-electron chi connectivity index (χ0n) is 6.80. The van der Waals surface area contributed by atoms with Gasteiger partial charge in [-0.15, -0.1) is 11.3 Å². The zero-order chi connectivity index (χ0) is 10.8. The van der Waals surface area contributed by atoms with Crippen molar-refractivity contribution in [2.75, 3.05) is 0 Å².